The fourth-order valence-corrected chi connectivity index (χ4v) is 2.74. The van der Waals surface area contributed by atoms with Crippen LogP contribution in [0.5, 0.6) is 0 Å². The number of para-hydroxylation sites is 2. The van der Waals surface area contributed by atoms with Crippen LogP contribution in [0.15, 0.2) is 60.7 Å². The molecule has 0 unspecified atom stereocenters. The lowest BCUT2D eigenvalue weighted by Crippen LogP contribution is -2.04. The highest BCUT2D eigenvalue weighted by Crippen LogP contribution is 2.25. The van der Waals surface area contributed by atoms with Gasteiger partial charge in [-0.1, -0.05) is 42.5 Å². The molecule has 0 aliphatic heterocycles. The van der Waals surface area contributed by atoms with E-state index in [4.69, 9.17) is 0 Å². The Morgan fingerprint density at radius 1 is 0.952 bits per heavy atom. The third-order valence-corrected chi connectivity index (χ3v) is 3.65. The summed E-state index contributed by atoms with van der Waals surface area (Å²) in [6, 6.07) is 19.7. The third-order valence-electron chi connectivity index (χ3n) is 3.65. The molecule has 0 aliphatic carbocycles. The molecule has 2 aromatic heterocycles. The average Bonchev–Trinajstić information content (AvgIpc) is 3.04. The maximum Gasteiger partial charge on any atom is 0.229 e. The van der Waals surface area contributed by atoms with Gasteiger partial charge in [0.25, 0.3) is 0 Å². The van der Waals surface area contributed by atoms with E-state index < -0.39 is 0 Å². The fourth-order valence-electron chi connectivity index (χ4n) is 2.74. The van der Waals surface area contributed by atoms with Crippen LogP contribution in [-0.4, -0.2) is 20.1 Å². The summed E-state index contributed by atoms with van der Waals surface area (Å²) in [7, 11) is 0. The maximum atomic E-state index is 12.0. The van der Waals surface area contributed by atoms with E-state index in [1.54, 1.807) is 11.5 Å². The number of hydrogen-bond acceptors (Lipinski definition) is 2. The molecule has 0 bridgehead atoms. The predicted molar refractivity (Wildman–Crippen MR) is 82.4 cm³/mol. The van der Waals surface area contributed by atoms with Gasteiger partial charge in [-0.2, -0.15) is 5.10 Å². The van der Waals surface area contributed by atoms with Gasteiger partial charge in [-0.05, 0) is 12.1 Å². The van der Waals surface area contributed by atoms with E-state index in [1.807, 2.05) is 65.2 Å². The molecule has 0 saturated heterocycles. The highest BCUT2D eigenvalue weighted by molar-refractivity contribution is 5.95. The second-order valence-corrected chi connectivity index (χ2v) is 5.01. The van der Waals surface area contributed by atoms with Gasteiger partial charge in [-0.3, -0.25) is 9.36 Å². The molecule has 0 fully saturated rings. The normalized spacial score (nSPS) is 11.3. The van der Waals surface area contributed by atoms with Gasteiger partial charge in [-0.25, -0.2) is 4.52 Å². The zero-order chi connectivity index (χ0) is 14.4. The summed E-state index contributed by atoms with van der Waals surface area (Å²) < 4.78 is 3.54. The first kappa shape index (κ1) is 11.9. The monoisotopic (exact) mass is 275 g/mol. The standard InChI is InChI=1S/C17H13N3O/c1-12(21)19-15-9-5-6-10-16(15)20-17(19)11-14(18-20)13-7-3-2-4-8-13/h2-11H,1H3. The molecular formula is C17H13N3O. The van der Waals surface area contributed by atoms with E-state index in [9.17, 15) is 4.79 Å². The summed E-state index contributed by atoms with van der Waals surface area (Å²) in [6.07, 6.45) is 0. The molecule has 0 aliphatic rings. The van der Waals surface area contributed by atoms with Crippen LogP contribution in [0, 0.1) is 0 Å². The molecule has 4 rings (SSSR count). The molecule has 4 nitrogen and oxygen atoms in total. The van der Waals surface area contributed by atoms with E-state index in [1.165, 1.54) is 0 Å². The number of benzene rings is 2. The number of nitrogens with zero attached hydrogens (tertiary/aromatic N) is 3. The first-order valence-corrected chi connectivity index (χ1v) is 6.81. The third kappa shape index (κ3) is 1.69. The number of rotatable bonds is 1. The number of aromatic nitrogens is 3. The Hall–Kier alpha value is -2.88. The van der Waals surface area contributed by atoms with Crippen LogP contribution in [0.3, 0.4) is 0 Å². The van der Waals surface area contributed by atoms with Crippen LogP contribution in [0.1, 0.15) is 11.7 Å². The molecule has 0 saturated carbocycles. The zero-order valence-corrected chi connectivity index (χ0v) is 11.5. The lowest BCUT2D eigenvalue weighted by Gasteiger charge is -1.98. The van der Waals surface area contributed by atoms with Crippen LogP contribution in [-0.2, 0) is 0 Å². The van der Waals surface area contributed by atoms with Gasteiger partial charge in [0.15, 0.2) is 0 Å². The largest absolute Gasteiger partial charge is 0.274 e. The first-order valence-electron chi connectivity index (χ1n) is 6.81. The molecule has 102 valence electrons. The Kier molecular flexibility index (Phi) is 2.44. The highest BCUT2D eigenvalue weighted by atomic mass is 16.1. The number of fused-ring (bicyclic) bond motifs is 3. The first-order chi connectivity index (χ1) is 10.3. The Morgan fingerprint density at radius 3 is 2.33 bits per heavy atom. The van der Waals surface area contributed by atoms with Crippen molar-refractivity contribution in [1.82, 2.24) is 14.2 Å². The molecule has 21 heavy (non-hydrogen) atoms. The van der Waals surface area contributed by atoms with Crippen molar-refractivity contribution < 1.29 is 4.79 Å². The molecule has 0 radical (unpaired) electrons. The van der Waals surface area contributed by atoms with Crippen molar-refractivity contribution in [3.63, 3.8) is 0 Å². The van der Waals surface area contributed by atoms with Crippen molar-refractivity contribution in [1.29, 1.82) is 0 Å². The van der Waals surface area contributed by atoms with Gasteiger partial charge in [0.1, 0.15) is 5.65 Å². The smallest absolute Gasteiger partial charge is 0.229 e. The Labute approximate surface area is 121 Å². The van der Waals surface area contributed by atoms with Crippen LogP contribution in [0.25, 0.3) is 27.9 Å². The molecule has 2 heterocycles. The predicted octanol–water partition coefficient (Wildman–Crippen LogP) is 3.62. The molecule has 0 amide bonds. The van der Waals surface area contributed by atoms with E-state index in [0.29, 0.717) is 0 Å². The molecule has 0 spiro atoms. The van der Waals surface area contributed by atoms with E-state index in [-0.39, 0.29) is 5.91 Å². The van der Waals surface area contributed by atoms with Crippen LogP contribution in [0.4, 0.5) is 0 Å². The number of carbonyl (C=O) groups is 1. The average molecular weight is 275 g/mol. The summed E-state index contributed by atoms with van der Waals surface area (Å²) in [5, 5.41) is 4.66. The highest BCUT2D eigenvalue weighted by Gasteiger charge is 2.16. The second-order valence-electron chi connectivity index (χ2n) is 5.01. The Morgan fingerprint density at radius 2 is 1.62 bits per heavy atom. The minimum Gasteiger partial charge on any atom is -0.274 e. The summed E-state index contributed by atoms with van der Waals surface area (Å²) in [5.41, 5.74) is 4.52. The minimum absolute atomic E-state index is 0.0132. The summed E-state index contributed by atoms with van der Waals surface area (Å²) in [4.78, 5) is 12.0. The van der Waals surface area contributed by atoms with Crippen molar-refractivity contribution >= 4 is 22.6 Å². The SMILES string of the molecule is CC(=O)n1c2ccccc2n2nc(-c3ccccc3)cc12. The summed E-state index contributed by atoms with van der Waals surface area (Å²) in [5.74, 6) is -0.0132. The van der Waals surface area contributed by atoms with Crippen LogP contribution < -0.4 is 0 Å². The van der Waals surface area contributed by atoms with Crippen molar-refractivity contribution in [2.24, 2.45) is 0 Å². The Bertz CT molecular complexity index is 964. The fraction of sp³-hybridized carbons (Fsp3) is 0.0588. The maximum absolute atomic E-state index is 12.0. The van der Waals surface area contributed by atoms with Crippen molar-refractivity contribution in [3.8, 4) is 11.3 Å². The molecule has 0 atom stereocenters. The molecular weight excluding hydrogens is 262 g/mol. The molecule has 4 heteroatoms. The quantitative estimate of drug-likeness (QED) is 0.532. The van der Waals surface area contributed by atoms with Crippen LogP contribution >= 0.6 is 0 Å². The van der Waals surface area contributed by atoms with E-state index >= 15 is 0 Å². The minimum atomic E-state index is -0.0132. The molecule has 0 N–H and O–H groups in total. The molecule has 2 aromatic carbocycles. The second kappa shape index (κ2) is 4.31. The number of hydrogen-bond donors (Lipinski definition) is 0. The van der Waals surface area contributed by atoms with E-state index in [0.717, 1.165) is 27.9 Å². The van der Waals surface area contributed by atoms with Gasteiger partial charge in [0.2, 0.25) is 5.91 Å². The topological polar surface area (TPSA) is 39.3 Å². The van der Waals surface area contributed by atoms with Crippen molar-refractivity contribution in [2.45, 2.75) is 6.92 Å². The van der Waals surface area contributed by atoms with Crippen molar-refractivity contribution in [3.05, 3.63) is 60.7 Å². The molecule has 4 aromatic rings. The van der Waals surface area contributed by atoms with Crippen molar-refractivity contribution in [2.75, 3.05) is 0 Å². The van der Waals surface area contributed by atoms with Gasteiger partial charge >= 0.3 is 0 Å². The lowest BCUT2D eigenvalue weighted by molar-refractivity contribution is 0.0946. The number of imidazole rings is 1. The number of carbonyl (C=O) groups excluding carboxylic acids is 1. The summed E-state index contributed by atoms with van der Waals surface area (Å²) >= 11 is 0. The lowest BCUT2D eigenvalue weighted by atomic mass is 10.2. The van der Waals surface area contributed by atoms with Gasteiger partial charge < -0.3 is 0 Å². The van der Waals surface area contributed by atoms with Crippen LogP contribution in [0.2, 0.25) is 0 Å². The van der Waals surface area contributed by atoms with Gasteiger partial charge in [0, 0.05) is 18.6 Å². The van der Waals surface area contributed by atoms with Gasteiger partial charge in [0.05, 0.1) is 16.7 Å². The van der Waals surface area contributed by atoms with E-state index in [2.05, 4.69) is 5.10 Å². The Balaban J connectivity index is 2.09. The zero-order valence-electron chi connectivity index (χ0n) is 11.5. The van der Waals surface area contributed by atoms with Gasteiger partial charge in [-0.15, -0.1) is 0 Å². The summed E-state index contributed by atoms with van der Waals surface area (Å²) in [6.45, 7) is 1.57.